The predicted molar refractivity (Wildman–Crippen MR) is 71.1 cm³/mol. The quantitative estimate of drug-likeness (QED) is 0.640. The smallest absolute Gasteiger partial charge is 0.285 e. The number of nitro benzene ring substituents is 1. The summed E-state index contributed by atoms with van der Waals surface area (Å²) in [7, 11) is 0. The molecule has 18 heavy (non-hydrogen) atoms. The van der Waals surface area contributed by atoms with E-state index in [4.69, 9.17) is 5.73 Å². The van der Waals surface area contributed by atoms with Gasteiger partial charge in [-0.3, -0.25) is 14.9 Å². The third-order valence-electron chi connectivity index (χ3n) is 2.40. The summed E-state index contributed by atoms with van der Waals surface area (Å²) in [5.41, 5.74) is 5.75. The minimum Gasteiger partial charge on any atom is -0.348 e. The highest BCUT2D eigenvalue weighted by Gasteiger charge is 2.22. The van der Waals surface area contributed by atoms with E-state index in [9.17, 15) is 14.9 Å². The molecule has 6 nitrogen and oxygen atoms in total. The monoisotopic (exact) mass is 273 g/mol. The summed E-state index contributed by atoms with van der Waals surface area (Å²) in [6, 6.07) is 4.43. The molecule has 7 heteroatoms. The van der Waals surface area contributed by atoms with E-state index in [1.165, 1.54) is 6.07 Å². The van der Waals surface area contributed by atoms with Gasteiger partial charge in [0.05, 0.1) is 4.92 Å². The number of hydrogen-bond donors (Lipinski definition) is 2. The second-order valence-electron chi connectivity index (χ2n) is 3.84. The van der Waals surface area contributed by atoms with Crippen LogP contribution in [-0.2, 0) is 0 Å². The molecule has 0 radical (unpaired) electrons. The van der Waals surface area contributed by atoms with Crippen molar-refractivity contribution in [3.63, 3.8) is 0 Å². The fourth-order valence-corrected chi connectivity index (χ4v) is 1.44. The van der Waals surface area contributed by atoms with Crippen LogP contribution in [0.15, 0.2) is 18.2 Å². The van der Waals surface area contributed by atoms with Crippen LogP contribution in [0, 0.1) is 17.0 Å². The van der Waals surface area contributed by atoms with E-state index in [1.54, 1.807) is 26.0 Å². The Kier molecular flexibility index (Phi) is 6.29. The normalized spacial score (nSPS) is 11.3. The lowest BCUT2D eigenvalue weighted by Crippen LogP contribution is -2.38. The second kappa shape index (κ2) is 6.93. The summed E-state index contributed by atoms with van der Waals surface area (Å²) in [6.07, 6.45) is 0. The van der Waals surface area contributed by atoms with Crippen molar-refractivity contribution < 1.29 is 9.72 Å². The van der Waals surface area contributed by atoms with Gasteiger partial charge in [-0.05, 0) is 19.9 Å². The maximum Gasteiger partial charge on any atom is 0.285 e. The van der Waals surface area contributed by atoms with Crippen molar-refractivity contribution >= 4 is 24.0 Å². The number of nitrogens with zero attached hydrogens (tertiary/aromatic N) is 1. The van der Waals surface area contributed by atoms with Crippen molar-refractivity contribution in [1.82, 2.24) is 5.32 Å². The molecule has 3 N–H and O–H groups in total. The van der Waals surface area contributed by atoms with Gasteiger partial charge in [0.2, 0.25) is 0 Å². The Bertz CT molecular complexity index is 451. The topological polar surface area (TPSA) is 98.3 Å². The van der Waals surface area contributed by atoms with Gasteiger partial charge in [0.25, 0.3) is 11.6 Å². The molecule has 100 valence electrons. The van der Waals surface area contributed by atoms with Gasteiger partial charge in [0.1, 0.15) is 5.56 Å². The van der Waals surface area contributed by atoms with Gasteiger partial charge >= 0.3 is 0 Å². The van der Waals surface area contributed by atoms with E-state index in [0.717, 1.165) is 0 Å². The number of aryl methyl sites for hydroxylation is 1. The number of carbonyl (C=O) groups is 1. The summed E-state index contributed by atoms with van der Waals surface area (Å²) >= 11 is 0. The van der Waals surface area contributed by atoms with E-state index in [0.29, 0.717) is 5.56 Å². The maximum absolute atomic E-state index is 11.8. The Morgan fingerprint density at radius 2 is 2.17 bits per heavy atom. The SMILES string of the molecule is Cc1cccc(C(=O)N[C@H](C)CN)c1[N+](=O)[O-].Cl. The average Bonchev–Trinajstić information content (AvgIpc) is 2.27. The molecule has 1 aromatic carbocycles. The largest absolute Gasteiger partial charge is 0.348 e. The van der Waals surface area contributed by atoms with Crippen LogP contribution in [0.3, 0.4) is 0 Å². The highest BCUT2D eigenvalue weighted by atomic mass is 35.5. The van der Waals surface area contributed by atoms with Crippen LogP contribution >= 0.6 is 12.4 Å². The summed E-state index contributed by atoms with van der Waals surface area (Å²) < 4.78 is 0. The van der Waals surface area contributed by atoms with Gasteiger partial charge < -0.3 is 11.1 Å². The number of benzene rings is 1. The zero-order valence-corrected chi connectivity index (χ0v) is 11.0. The molecule has 0 heterocycles. The molecule has 0 bridgehead atoms. The Morgan fingerprint density at radius 1 is 1.56 bits per heavy atom. The van der Waals surface area contributed by atoms with Gasteiger partial charge in [0.15, 0.2) is 0 Å². The fourth-order valence-electron chi connectivity index (χ4n) is 1.44. The van der Waals surface area contributed by atoms with Crippen molar-refractivity contribution in [1.29, 1.82) is 0 Å². The summed E-state index contributed by atoms with van der Waals surface area (Å²) in [4.78, 5) is 22.2. The van der Waals surface area contributed by atoms with E-state index < -0.39 is 10.8 Å². The highest BCUT2D eigenvalue weighted by molar-refractivity contribution is 5.98. The van der Waals surface area contributed by atoms with Crippen LogP contribution in [0.5, 0.6) is 0 Å². The molecule has 1 atom stereocenters. The summed E-state index contributed by atoms with van der Waals surface area (Å²) in [5.74, 6) is -0.474. The van der Waals surface area contributed by atoms with Gasteiger partial charge in [0, 0.05) is 18.2 Å². The van der Waals surface area contributed by atoms with Crippen molar-refractivity contribution in [3.05, 3.63) is 39.4 Å². The predicted octanol–water partition coefficient (Wildman–Crippen LogP) is 1.40. The van der Waals surface area contributed by atoms with Crippen LogP contribution in [0.2, 0.25) is 0 Å². The molecular weight excluding hydrogens is 258 g/mol. The molecule has 0 aromatic heterocycles. The molecule has 0 spiro atoms. The molecule has 0 saturated heterocycles. The molecule has 0 aliphatic heterocycles. The fraction of sp³-hybridized carbons (Fsp3) is 0.364. The summed E-state index contributed by atoms with van der Waals surface area (Å²) in [5, 5.41) is 13.5. The first-order valence-corrected chi connectivity index (χ1v) is 5.22. The number of rotatable bonds is 4. The van der Waals surface area contributed by atoms with Gasteiger partial charge in [-0.2, -0.15) is 0 Å². The van der Waals surface area contributed by atoms with Crippen LogP contribution < -0.4 is 11.1 Å². The average molecular weight is 274 g/mol. The first-order chi connectivity index (χ1) is 7.97. The Labute approximate surface area is 111 Å². The number of nitrogens with one attached hydrogen (secondary N) is 1. The third-order valence-corrected chi connectivity index (χ3v) is 2.40. The second-order valence-corrected chi connectivity index (χ2v) is 3.84. The number of nitrogens with two attached hydrogens (primary N) is 1. The lowest BCUT2D eigenvalue weighted by molar-refractivity contribution is -0.385. The minimum absolute atomic E-state index is 0. The van der Waals surface area contributed by atoms with Gasteiger partial charge in [-0.15, -0.1) is 12.4 Å². The number of hydrogen-bond acceptors (Lipinski definition) is 4. The highest BCUT2D eigenvalue weighted by Crippen LogP contribution is 2.22. The van der Waals surface area contributed by atoms with Gasteiger partial charge in [-0.1, -0.05) is 12.1 Å². The van der Waals surface area contributed by atoms with E-state index >= 15 is 0 Å². The first-order valence-electron chi connectivity index (χ1n) is 5.22. The van der Waals surface area contributed by atoms with Crippen LogP contribution in [0.25, 0.3) is 0 Å². The van der Waals surface area contributed by atoms with Crippen molar-refractivity contribution in [2.24, 2.45) is 5.73 Å². The molecule has 0 fully saturated rings. The molecule has 1 amide bonds. The van der Waals surface area contributed by atoms with Gasteiger partial charge in [-0.25, -0.2) is 0 Å². The van der Waals surface area contributed by atoms with Crippen LogP contribution in [0.1, 0.15) is 22.8 Å². The first kappa shape index (κ1) is 16.3. The standard InChI is InChI=1S/C11H15N3O3.ClH/c1-7-4-3-5-9(10(7)14(16)17)11(15)13-8(2)6-12;/h3-5,8H,6,12H2,1-2H3,(H,13,15);1H/t8-;/m1./s1. The molecule has 0 aliphatic rings. The number of para-hydroxylation sites is 1. The molecule has 1 aromatic rings. The lowest BCUT2D eigenvalue weighted by atomic mass is 10.1. The number of halogens is 1. The summed E-state index contributed by atoms with van der Waals surface area (Å²) in [6.45, 7) is 3.62. The van der Waals surface area contributed by atoms with Crippen LogP contribution in [-0.4, -0.2) is 23.4 Å². The molecule has 0 saturated carbocycles. The molecular formula is C11H16ClN3O3. The zero-order chi connectivity index (χ0) is 13.0. The van der Waals surface area contributed by atoms with Crippen molar-refractivity contribution in [2.45, 2.75) is 19.9 Å². The molecule has 0 unspecified atom stereocenters. The number of amides is 1. The lowest BCUT2D eigenvalue weighted by Gasteiger charge is -2.11. The number of nitro groups is 1. The Balaban J connectivity index is 0.00000289. The zero-order valence-electron chi connectivity index (χ0n) is 10.2. The minimum atomic E-state index is -0.544. The molecule has 1 rings (SSSR count). The van der Waals surface area contributed by atoms with Crippen LogP contribution in [0.4, 0.5) is 5.69 Å². The molecule has 0 aliphatic carbocycles. The van der Waals surface area contributed by atoms with E-state index in [-0.39, 0.29) is 36.2 Å². The van der Waals surface area contributed by atoms with Crippen molar-refractivity contribution in [3.8, 4) is 0 Å². The third kappa shape index (κ3) is 3.68. The maximum atomic E-state index is 11.8. The van der Waals surface area contributed by atoms with E-state index in [2.05, 4.69) is 5.32 Å². The van der Waals surface area contributed by atoms with Crippen molar-refractivity contribution in [2.75, 3.05) is 6.54 Å². The Morgan fingerprint density at radius 3 is 2.67 bits per heavy atom. The van der Waals surface area contributed by atoms with E-state index in [1.807, 2.05) is 0 Å². The Hall–Kier alpha value is -1.66. The number of carbonyl (C=O) groups excluding carboxylic acids is 1.